The van der Waals surface area contributed by atoms with Crippen molar-refractivity contribution < 1.29 is 24.9 Å². The number of aliphatic hydroxyl groups is 3. The molecular weight excluding hydrogens is 332 g/mol. The molecule has 0 aromatic carbocycles. The van der Waals surface area contributed by atoms with E-state index in [0.717, 1.165) is 11.1 Å². The molecular formula is C21H32O5. The number of carbonyl (C=O) groups excluding carboxylic acids is 2. The molecule has 0 bridgehead atoms. The molecule has 26 heavy (non-hydrogen) atoms. The third kappa shape index (κ3) is 4.33. The van der Waals surface area contributed by atoms with Gasteiger partial charge in [0.2, 0.25) is 0 Å². The van der Waals surface area contributed by atoms with Gasteiger partial charge in [0.15, 0.2) is 17.2 Å². The molecule has 5 nitrogen and oxygen atoms in total. The van der Waals surface area contributed by atoms with Crippen molar-refractivity contribution in [3.05, 3.63) is 34.6 Å². The van der Waals surface area contributed by atoms with Gasteiger partial charge >= 0.3 is 0 Å². The van der Waals surface area contributed by atoms with Crippen LogP contribution in [0.1, 0.15) is 60.8 Å². The molecule has 0 spiro atoms. The number of hydrogen-bond donors (Lipinski definition) is 3. The second-order valence-corrected chi connectivity index (χ2v) is 7.69. The lowest BCUT2D eigenvalue weighted by atomic mass is 9.80. The molecule has 0 saturated carbocycles. The summed E-state index contributed by atoms with van der Waals surface area (Å²) in [5.74, 6) is -3.29. The predicted molar refractivity (Wildman–Crippen MR) is 102 cm³/mol. The molecule has 0 saturated heterocycles. The first-order chi connectivity index (χ1) is 12.0. The molecule has 3 N–H and O–H groups in total. The first kappa shape index (κ1) is 22.3. The Labute approximate surface area is 156 Å². The first-order valence-corrected chi connectivity index (χ1v) is 9.17. The molecule has 0 amide bonds. The van der Waals surface area contributed by atoms with Crippen LogP contribution in [0, 0.1) is 11.8 Å². The van der Waals surface area contributed by atoms with Crippen LogP contribution in [0.4, 0.5) is 0 Å². The van der Waals surface area contributed by atoms with Gasteiger partial charge in [0.1, 0.15) is 11.3 Å². The van der Waals surface area contributed by atoms with E-state index < -0.39 is 40.9 Å². The van der Waals surface area contributed by atoms with Crippen molar-refractivity contribution >= 4 is 11.6 Å². The lowest BCUT2D eigenvalue weighted by molar-refractivity contribution is -0.134. The Kier molecular flexibility index (Phi) is 7.54. The van der Waals surface area contributed by atoms with E-state index in [1.807, 2.05) is 34.6 Å². The monoisotopic (exact) mass is 364 g/mol. The van der Waals surface area contributed by atoms with Gasteiger partial charge in [0.05, 0.1) is 12.0 Å². The van der Waals surface area contributed by atoms with Crippen LogP contribution in [0.15, 0.2) is 34.6 Å². The number of allylic oxidation sites excluding steroid dienone is 4. The van der Waals surface area contributed by atoms with Gasteiger partial charge < -0.3 is 15.3 Å². The zero-order valence-corrected chi connectivity index (χ0v) is 16.7. The summed E-state index contributed by atoms with van der Waals surface area (Å²) in [6.45, 7) is 10.9. The van der Waals surface area contributed by atoms with E-state index in [0.29, 0.717) is 6.42 Å². The van der Waals surface area contributed by atoms with Gasteiger partial charge in [-0.15, -0.1) is 0 Å². The van der Waals surface area contributed by atoms with Gasteiger partial charge in [-0.25, -0.2) is 0 Å². The van der Waals surface area contributed by atoms with E-state index in [9.17, 15) is 24.9 Å². The molecule has 146 valence electrons. The summed E-state index contributed by atoms with van der Waals surface area (Å²) in [7, 11) is 0. The van der Waals surface area contributed by atoms with Crippen molar-refractivity contribution in [3.8, 4) is 0 Å². The Morgan fingerprint density at radius 1 is 1.19 bits per heavy atom. The van der Waals surface area contributed by atoms with Crippen molar-refractivity contribution in [2.75, 3.05) is 0 Å². The van der Waals surface area contributed by atoms with Gasteiger partial charge in [-0.1, -0.05) is 37.1 Å². The van der Waals surface area contributed by atoms with Crippen molar-refractivity contribution in [2.45, 2.75) is 72.5 Å². The van der Waals surface area contributed by atoms with Gasteiger partial charge in [-0.2, -0.15) is 0 Å². The molecule has 0 aliphatic heterocycles. The number of Topliss-reactive ketones (excluding diaryl/α,β-unsaturated/α-hetero) is 2. The van der Waals surface area contributed by atoms with Crippen LogP contribution >= 0.6 is 0 Å². The van der Waals surface area contributed by atoms with Gasteiger partial charge in [-0.05, 0) is 47.0 Å². The summed E-state index contributed by atoms with van der Waals surface area (Å²) in [5.41, 5.74) is -0.629. The van der Waals surface area contributed by atoms with Crippen LogP contribution < -0.4 is 0 Å². The van der Waals surface area contributed by atoms with Crippen molar-refractivity contribution in [2.24, 2.45) is 11.8 Å². The highest BCUT2D eigenvalue weighted by molar-refractivity contribution is 6.24. The highest BCUT2D eigenvalue weighted by atomic mass is 16.4. The van der Waals surface area contributed by atoms with Crippen LogP contribution in [0.5, 0.6) is 0 Å². The average molecular weight is 364 g/mol. The largest absolute Gasteiger partial charge is 0.508 e. The minimum atomic E-state index is -2.16. The smallest absolute Gasteiger partial charge is 0.176 e. The summed E-state index contributed by atoms with van der Waals surface area (Å²) in [6, 6.07) is 0. The summed E-state index contributed by atoms with van der Waals surface area (Å²) in [6.07, 6.45) is 2.84. The Bertz CT molecular complexity index is 647. The number of aliphatic hydroxyl groups excluding tert-OH is 2. The Morgan fingerprint density at radius 3 is 2.19 bits per heavy atom. The zero-order valence-electron chi connectivity index (χ0n) is 16.7. The summed E-state index contributed by atoms with van der Waals surface area (Å²) < 4.78 is 0. The van der Waals surface area contributed by atoms with Crippen LogP contribution in [0.25, 0.3) is 0 Å². The Morgan fingerprint density at radius 2 is 1.73 bits per heavy atom. The van der Waals surface area contributed by atoms with Crippen LogP contribution in [0.3, 0.4) is 0 Å². The van der Waals surface area contributed by atoms with Crippen LogP contribution in [-0.4, -0.2) is 38.6 Å². The van der Waals surface area contributed by atoms with E-state index in [2.05, 4.69) is 0 Å². The van der Waals surface area contributed by atoms with Crippen molar-refractivity contribution in [1.29, 1.82) is 0 Å². The number of carbonyl (C=O) groups is 2. The molecule has 0 aromatic heterocycles. The molecule has 1 aliphatic carbocycles. The molecule has 0 fully saturated rings. The molecule has 0 aromatic rings. The van der Waals surface area contributed by atoms with Crippen LogP contribution in [0.2, 0.25) is 0 Å². The molecule has 1 aliphatic rings. The fourth-order valence-electron chi connectivity index (χ4n) is 3.08. The molecule has 5 heteroatoms. The Hall–Kier alpha value is -1.72. The molecule has 4 unspecified atom stereocenters. The average Bonchev–Trinajstić information content (AvgIpc) is 2.76. The van der Waals surface area contributed by atoms with E-state index in [-0.39, 0.29) is 18.4 Å². The minimum Gasteiger partial charge on any atom is -0.508 e. The highest BCUT2D eigenvalue weighted by Crippen LogP contribution is 2.43. The summed E-state index contributed by atoms with van der Waals surface area (Å²) >= 11 is 0. The van der Waals surface area contributed by atoms with E-state index >= 15 is 0 Å². The van der Waals surface area contributed by atoms with E-state index in [4.69, 9.17) is 0 Å². The van der Waals surface area contributed by atoms with Crippen molar-refractivity contribution in [3.63, 3.8) is 0 Å². The predicted octanol–water partition coefficient (Wildman–Crippen LogP) is 3.42. The first-order valence-electron chi connectivity index (χ1n) is 9.17. The molecule has 0 radical (unpaired) electrons. The number of rotatable bonds is 8. The summed E-state index contributed by atoms with van der Waals surface area (Å²) in [5, 5.41) is 32.4. The number of ketones is 2. The zero-order chi connectivity index (χ0) is 20.2. The molecule has 4 atom stereocenters. The maximum atomic E-state index is 12.9. The minimum absolute atomic E-state index is 0.0757. The second-order valence-electron chi connectivity index (χ2n) is 7.69. The van der Waals surface area contributed by atoms with Gasteiger partial charge in [0, 0.05) is 5.92 Å². The topological polar surface area (TPSA) is 94.8 Å². The Balaban J connectivity index is 3.43. The fourth-order valence-corrected chi connectivity index (χ4v) is 3.08. The quantitative estimate of drug-likeness (QED) is 0.453. The third-order valence-corrected chi connectivity index (χ3v) is 5.04. The highest BCUT2D eigenvalue weighted by Gasteiger charge is 2.58. The van der Waals surface area contributed by atoms with E-state index in [1.165, 1.54) is 0 Å². The standard InChI is InChI=1S/C21H32O5/c1-7-14(6)18(23)17-19(24)15(10-8-12(2)3)21(26,20(17)25)16(22)11-9-13(4)5/h8-9,14-16,22,25-26H,7,10-11H2,1-6H3. The maximum Gasteiger partial charge on any atom is 0.176 e. The van der Waals surface area contributed by atoms with Gasteiger partial charge in [-0.3, -0.25) is 9.59 Å². The summed E-state index contributed by atoms with van der Waals surface area (Å²) in [4.78, 5) is 25.5. The normalized spacial score (nSPS) is 25.1. The fraction of sp³-hybridized carbons (Fsp3) is 0.619. The molecule has 1 rings (SSSR count). The second kappa shape index (κ2) is 8.78. The molecule has 0 heterocycles. The number of hydrogen-bond acceptors (Lipinski definition) is 5. The lowest BCUT2D eigenvalue weighted by Crippen LogP contribution is -2.49. The third-order valence-electron chi connectivity index (χ3n) is 5.04. The van der Waals surface area contributed by atoms with Crippen LogP contribution in [-0.2, 0) is 9.59 Å². The van der Waals surface area contributed by atoms with Crippen molar-refractivity contribution in [1.82, 2.24) is 0 Å². The SMILES string of the molecule is CCC(C)C(=O)C1=C(O)C(O)(C(O)CC=C(C)C)C(CC=C(C)C)C1=O. The lowest BCUT2D eigenvalue weighted by Gasteiger charge is -2.33. The van der Waals surface area contributed by atoms with E-state index in [1.54, 1.807) is 19.1 Å². The van der Waals surface area contributed by atoms with Gasteiger partial charge in [0.25, 0.3) is 0 Å². The maximum absolute atomic E-state index is 12.9.